The van der Waals surface area contributed by atoms with Crippen LogP contribution in [0.2, 0.25) is 0 Å². The number of esters is 1. The van der Waals surface area contributed by atoms with Gasteiger partial charge >= 0.3 is 12.1 Å². The Kier molecular flexibility index (Phi) is 7.40. The van der Waals surface area contributed by atoms with Crippen LogP contribution in [0, 0.1) is 28.6 Å². The molecule has 1 aliphatic carbocycles. The fourth-order valence-corrected chi connectivity index (χ4v) is 3.28. The van der Waals surface area contributed by atoms with E-state index in [9.17, 15) is 23.2 Å². The molecule has 0 bridgehead atoms. The molecular weight excluding hydrogens is 431 g/mol. The fraction of sp³-hybridized carbons (Fsp3) is 0.304. The van der Waals surface area contributed by atoms with Crippen molar-refractivity contribution in [1.82, 2.24) is 0 Å². The lowest BCUT2D eigenvalue weighted by Crippen LogP contribution is -2.21. The molecule has 0 heterocycles. The van der Waals surface area contributed by atoms with Crippen molar-refractivity contribution in [1.29, 1.82) is 5.26 Å². The Morgan fingerprint density at radius 2 is 1.94 bits per heavy atom. The Bertz CT molecular complexity index is 959. The highest BCUT2D eigenvalue weighted by atomic mass is 35.5. The quantitative estimate of drug-likeness (QED) is 0.273. The van der Waals surface area contributed by atoms with Gasteiger partial charge in [-0.2, -0.15) is 18.4 Å². The van der Waals surface area contributed by atoms with E-state index >= 15 is 0 Å². The van der Waals surface area contributed by atoms with Crippen LogP contribution in [-0.2, 0) is 9.53 Å². The number of hydrogen-bond donors (Lipinski definition) is 0. The molecule has 1 saturated carbocycles. The predicted molar refractivity (Wildman–Crippen MR) is 111 cm³/mol. The first-order chi connectivity index (χ1) is 14.4. The highest BCUT2D eigenvalue weighted by Crippen LogP contribution is 2.60. The van der Waals surface area contributed by atoms with E-state index in [2.05, 4.69) is 13.2 Å². The van der Waals surface area contributed by atoms with E-state index in [4.69, 9.17) is 21.1 Å². The van der Waals surface area contributed by atoms with Gasteiger partial charge in [0.2, 0.25) is 6.10 Å². The number of para-hydroxylation sites is 1. The first kappa shape index (κ1) is 24.3. The second-order valence-electron chi connectivity index (χ2n) is 7.51. The minimum Gasteiger partial charge on any atom is -0.458 e. The van der Waals surface area contributed by atoms with Crippen molar-refractivity contribution in [3.8, 4) is 11.8 Å². The minimum atomic E-state index is -4.69. The van der Waals surface area contributed by atoms with Crippen LogP contribution in [0.4, 0.5) is 13.2 Å². The van der Waals surface area contributed by atoms with Crippen molar-refractivity contribution in [3.63, 3.8) is 0 Å². The number of alkyl halides is 3. The lowest BCUT2D eigenvalue weighted by Gasteiger charge is -2.14. The molecule has 0 radical (unpaired) electrons. The van der Waals surface area contributed by atoms with Crippen LogP contribution in [0.1, 0.15) is 13.8 Å². The van der Waals surface area contributed by atoms with Gasteiger partial charge in [-0.25, -0.2) is 0 Å². The number of nitriles is 1. The van der Waals surface area contributed by atoms with Crippen molar-refractivity contribution >= 4 is 17.6 Å². The summed E-state index contributed by atoms with van der Waals surface area (Å²) in [6.45, 7) is 10.6. The molecule has 2 rings (SSSR count). The number of carbonyl (C=O) groups is 1. The number of nitrogens with zero attached hydrogens (tertiary/aromatic N) is 1. The maximum absolute atomic E-state index is 12.7. The first-order valence-electron chi connectivity index (χ1n) is 9.22. The van der Waals surface area contributed by atoms with E-state index in [1.54, 1.807) is 38.1 Å². The largest absolute Gasteiger partial charge is 0.458 e. The van der Waals surface area contributed by atoms with Gasteiger partial charge in [-0.1, -0.05) is 69.0 Å². The second kappa shape index (κ2) is 9.44. The van der Waals surface area contributed by atoms with Gasteiger partial charge in [-0.3, -0.25) is 4.79 Å². The third-order valence-electron chi connectivity index (χ3n) is 4.97. The van der Waals surface area contributed by atoms with Gasteiger partial charge in [0.15, 0.2) is 0 Å². The molecule has 1 fully saturated rings. The molecule has 3 atom stereocenters. The molecule has 0 N–H and O–H groups in total. The number of rotatable bonds is 8. The van der Waals surface area contributed by atoms with E-state index in [0.717, 1.165) is 6.08 Å². The molecule has 1 aromatic rings. The van der Waals surface area contributed by atoms with Gasteiger partial charge in [-0.15, -0.1) is 0 Å². The highest BCUT2D eigenvalue weighted by molar-refractivity contribution is 6.30. The van der Waals surface area contributed by atoms with E-state index in [0.29, 0.717) is 5.75 Å². The van der Waals surface area contributed by atoms with Gasteiger partial charge in [0.25, 0.3) is 0 Å². The summed E-state index contributed by atoms with van der Waals surface area (Å²) < 4.78 is 48.9. The van der Waals surface area contributed by atoms with Crippen molar-refractivity contribution in [2.24, 2.45) is 17.3 Å². The summed E-state index contributed by atoms with van der Waals surface area (Å²) in [4.78, 5) is 12.6. The molecule has 0 saturated heterocycles. The molecule has 0 amide bonds. The standard InChI is InChI=1S/C23H21ClF3NO3/c1-5-15(11-14(2)30-16-9-7-6-8-10-16)18(13-28)31-21(29)20-17(22(20,3)4)12-19(24)23(25,26)27/h5-12,17-18,20H,1-2H2,3-4H3/b15-11+,19-12-. The Morgan fingerprint density at radius 1 is 1.32 bits per heavy atom. The van der Waals surface area contributed by atoms with Crippen molar-refractivity contribution in [3.05, 3.63) is 78.1 Å². The van der Waals surface area contributed by atoms with Crippen LogP contribution in [0.5, 0.6) is 5.75 Å². The summed E-state index contributed by atoms with van der Waals surface area (Å²) in [6, 6.07) is 10.6. The van der Waals surface area contributed by atoms with E-state index in [1.807, 2.05) is 12.1 Å². The van der Waals surface area contributed by atoms with Crippen LogP contribution in [0.3, 0.4) is 0 Å². The van der Waals surface area contributed by atoms with Crippen LogP contribution < -0.4 is 4.74 Å². The number of ether oxygens (including phenoxy) is 2. The summed E-state index contributed by atoms with van der Waals surface area (Å²) in [7, 11) is 0. The monoisotopic (exact) mass is 451 g/mol. The smallest absolute Gasteiger partial charge is 0.426 e. The Balaban J connectivity index is 2.12. The highest BCUT2D eigenvalue weighted by Gasteiger charge is 2.62. The minimum absolute atomic E-state index is 0.182. The number of carbonyl (C=O) groups excluding carboxylic acids is 1. The maximum Gasteiger partial charge on any atom is 0.426 e. The van der Waals surface area contributed by atoms with E-state index in [1.165, 1.54) is 12.2 Å². The van der Waals surface area contributed by atoms with Gasteiger partial charge in [0.05, 0.1) is 5.92 Å². The van der Waals surface area contributed by atoms with Gasteiger partial charge < -0.3 is 9.47 Å². The van der Waals surface area contributed by atoms with E-state index in [-0.39, 0.29) is 11.3 Å². The third kappa shape index (κ3) is 6.02. The summed E-state index contributed by atoms with van der Waals surface area (Å²) >= 11 is 5.30. The van der Waals surface area contributed by atoms with Crippen LogP contribution in [0.15, 0.2) is 78.1 Å². The van der Waals surface area contributed by atoms with Gasteiger partial charge in [-0.05, 0) is 29.5 Å². The molecule has 8 heteroatoms. The SMILES string of the molecule is C=C/C(=C\C(=C)Oc1ccccc1)C(C#N)OC(=O)C1C(/C=C(\Cl)C(F)(F)F)C1(C)C. The third-order valence-corrected chi connectivity index (χ3v) is 5.31. The zero-order chi connectivity index (χ0) is 23.4. The Morgan fingerprint density at radius 3 is 2.45 bits per heavy atom. The van der Waals surface area contributed by atoms with Crippen LogP contribution >= 0.6 is 11.6 Å². The van der Waals surface area contributed by atoms with Crippen molar-refractivity contribution < 1.29 is 27.4 Å². The average molecular weight is 452 g/mol. The van der Waals surface area contributed by atoms with Crippen molar-refractivity contribution in [2.75, 3.05) is 0 Å². The zero-order valence-corrected chi connectivity index (χ0v) is 17.7. The summed E-state index contributed by atoms with van der Waals surface area (Å²) in [6.07, 6.45) is -2.50. The van der Waals surface area contributed by atoms with Gasteiger partial charge in [0, 0.05) is 5.57 Å². The molecular formula is C23H21ClF3NO3. The normalized spacial score (nSPS) is 21.5. The second-order valence-corrected chi connectivity index (χ2v) is 7.92. The topological polar surface area (TPSA) is 59.3 Å². The Hall–Kier alpha value is -2.98. The fourth-order valence-electron chi connectivity index (χ4n) is 3.15. The number of halogens is 4. The van der Waals surface area contributed by atoms with E-state index < -0.39 is 40.5 Å². The van der Waals surface area contributed by atoms with Crippen LogP contribution in [0.25, 0.3) is 0 Å². The molecule has 1 aromatic carbocycles. The molecule has 164 valence electrons. The molecule has 0 aromatic heterocycles. The number of benzene rings is 1. The van der Waals surface area contributed by atoms with Crippen LogP contribution in [-0.4, -0.2) is 18.2 Å². The number of hydrogen-bond acceptors (Lipinski definition) is 4. The zero-order valence-electron chi connectivity index (χ0n) is 16.9. The molecule has 1 aliphatic rings. The summed E-state index contributed by atoms with van der Waals surface area (Å²) in [5.41, 5.74) is -0.573. The lowest BCUT2D eigenvalue weighted by molar-refractivity contribution is -0.147. The summed E-state index contributed by atoms with van der Waals surface area (Å²) in [5, 5.41) is 8.17. The molecule has 4 nitrogen and oxygen atoms in total. The number of allylic oxidation sites excluding steroid dienone is 3. The molecule has 3 unspecified atom stereocenters. The molecule has 0 spiro atoms. The lowest BCUT2D eigenvalue weighted by atomic mass is 10.1. The summed E-state index contributed by atoms with van der Waals surface area (Å²) in [5.74, 6) is -1.72. The maximum atomic E-state index is 12.7. The Labute approximate surface area is 183 Å². The predicted octanol–water partition coefficient (Wildman–Crippen LogP) is 6.08. The van der Waals surface area contributed by atoms with Crippen molar-refractivity contribution in [2.45, 2.75) is 26.1 Å². The van der Waals surface area contributed by atoms with Gasteiger partial charge in [0.1, 0.15) is 22.6 Å². The first-order valence-corrected chi connectivity index (χ1v) is 9.60. The molecule has 31 heavy (non-hydrogen) atoms. The average Bonchev–Trinajstić information content (AvgIpc) is 3.24. The molecule has 0 aliphatic heterocycles.